The van der Waals surface area contributed by atoms with Gasteiger partial charge in [0.25, 0.3) is 0 Å². The lowest BCUT2D eigenvalue weighted by molar-refractivity contribution is 0.253. The second kappa shape index (κ2) is 5.39. The molecule has 0 spiro atoms. The van der Waals surface area contributed by atoms with Crippen LogP contribution >= 0.6 is 15.9 Å². The van der Waals surface area contributed by atoms with Gasteiger partial charge in [-0.2, -0.15) is 0 Å². The second-order valence-corrected chi connectivity index (χ2v) is 3.66. The zero-order chi connectivity index (χ0) is 10.4. The molecule has 0 radical (unpaired) electrons. The number of halogens is 1. The number of nitrogens with one attached hydrogen (secondary N) is 2. The molecule has 4 nitrogen and oxygen atoms in total. The summed E-state index contributed by atoms with van der Waals surface area (Å²) < 4.78 is 0.716. The van der Waals surface area contributed by atoms with Crippen molar-refractivity contribution in [3.63, 3.8) is 0 Å². The van der Waals surface area contributed by atoms with Gasteiger partial charge in [0.1, 0.15) is 5.82 Å². The van der Waals surface area contributed by atoms with E-state index in [1.165, 1.54) is 0 Å². The van der Waals surface area contributed by atoms with Gasteiger partial charge in [0.2, 0.25) is 0 Å². The van der Waals surface area contributed by atoms with E-state index in [4.69, 9.17) is 0 Å². The molecule has 2 amide bonds. The fourth-order valence-electron chi connectivity index (χ4n) is 0.773. The van der Waals surface area contributed by atoms with Gasteiger partial charge in [0.05, 0.1) is 6.54 Å². The summed E-state index contributed by atoms with van der Waals surface area (Å²) in [7, 11) is 0. The van der Waals surface area contributed by atoms with Crippen molar-refractivity contribution in [1.82, 2.24) is 10.3 Å². The van der Waals surface area contributed by atoms with Crippen LogP contribution in [0.4, 0.5) is 10.6 Å². The average Bonchev–Trinajstić information content (AvgIpc) is 2.16. The molecule has 1 rings (SSSR count). The predicted molar refractivity (Wildman–Crippen MR) is 59.3 cm³/mol. The molecule has 2 N–H and O–H groups in total. The number of nitrogens with zero attached hydrogens (tertiary/aromatic N) is 1. The zero-order valence-corrected chi connectivity index (χ0v) is 9.04. The van der Waals surface area contributed by atoms with Crippen LogP contribution in [0.3, 0.4) is 0 Å². The maximum Gasteiger partial charge on any atom is 0.320 e. The van der Waals surface area contributed by atoms with E-state index in [0.717, 1.165) is 0 Å². The molecule has 1 aromatic heterocycles. The van der Waals surface area contributed by atoms with Crippen LogP contribution in [0.5, 0.6) is 0 Å². The molecule has 0 aliphatic heterocycles. The van der Waals surface area contributed by atoms with Gasteiger partial charge in [-0.1, -0.05) is 28.6 Å². The van der Waals surface area contributed by atoms with Crippen molar-refractivity contribution in [1.29, 1.82) is 0 Å². The van der Waals surface area contributed by atoms with E-state index in [0.29, 0.717) is 16.8 Å². The van der Waals surface area contributed by atoms with Crippen molar-refractivity contribution < 1.29 is 4.79 Å². The van der Waals surface area contributed by atoms with Crippen LogP contribution in [0.1, 0.15) is 0 Å². The lowest BCUT2D eigenvalue weighted by Crippen LogP contribution is -2.29. The molecule has 1 heterocycles. The molecule has 0 atom stereocenters. The van der Waals surface area contributed by atoms with Crippen molar-refractivity contribution in [2.24, 2.45) is 0 Å². The lowest BCUT2D eigenvalue weighted by Gasteiger charge is -2.05. The van der Waals surface area contributed by atoms with E-state index in [1.54, 1.807) is 24.4 Å². The lowest BCUT2D eigenvalue weighted by atomic mass is 10.5. The van der Waals surface area contributed by atoms with E-state index in [2.05, 4.69) is 38.1 Å². The summed E-state index contributed by atoms with van der Waals surface area (Å²) in [5.74, 6) is 0.519. The van der Waals surface area contributed by atoms with E-state index in [-0.39, 0.29) is 6.03 Å². The van der Waals surface area contributed by atoms with Gasteiger partial charge in [-0.3, -0.25) is 5.32 Å². The highest BCUT2D eigenvalue weighted by atomic mass is 79.9. The topological polar surface area (TPSA) is 54.0 Å². The SMILES string of the molecule is C=C(Br)CNC(=O)Nc1ccccn1. The van der Waals surface area contributed by atoms with Gasteiger partial charge in [0.15, 0.2) is 0 Å². The monoisotopic (exact) mass is 255 g/mol. The highest BCUT2D eigenvalue weighted by molar-refractivity contribution is 9.11. The number of carbonyl (C=O) groups is 1. The fourth-order valence-corrected chi connectivity index (χ4v) is 0.914. The predicted octanol–water partition coefficient (Wildman–Crippen LogP) is 2.11. The van der Waals surface area contributed by atoms with Gasteiger partial charge in [-0.05, 0) is 12.1 Å². The number of anilines is 1. The Balaban J connectivity index is 2.38. The maximum atomic E-state index is 11.2. The highest BCUT2D eigenvalue weighted by Crippen LogP contribution is 2.00. The van der Waals surface area contributed by atoms with E-state index in [1.807, 2.05) is 0 Å². The molecule has 74 valence electrons. The first-order valence-corrected chi connectivity index (χ1v) is 4.77. The first kappa shape index (κ1) is 10.7. The van der Waals surface area contributed by atoms with Crippen molar-refractivity contribution in [3.8, 4) is 0 Å². The van der Waals surface area contributed by atoms with E-state index < -0.39 is 0 Å². The van der Waals surface area contributed by atoms with Crippen LogP contribution in [0, 0.1) is 0 Å². The number of amides is 2. The zero-order valence-electron chi connectivity index (χ0n) is 7.46. The Morgan fingerprint density at radius 3 is 2.93 bits per heavy atom. The molecule has 1 aromatic rings. The molecule has 0 bridgehead atoms. The number of hydrogen-bond acceptors (Lipinski definition) is 2. The van der Waals surface area contributed by atoms with E-state index in [9.17, 15) is 4.79 Å². The standard InChI is InChI=1S/C9H10BrN3O/c1-7(10)6-12-9(14)13-8-4-2-3-5-11-8/h2-5H,1,6H2,(H2,11,12,13,14). The summed E-state index contributed by atoms with van der Waals surface area (Å²) in [5.41, 5.74) is 0. The van der Waals surface area contributed by atoms with Gasteiger partial charge < -0.3 is 5.32 Å². The largest absolute Gasteiger partial charge is 0.333 e. The summed E-state index contributed by atoms with van der Waals surface area (Å²) in [4.78, 5) is 15.1. The third kappa shape index (κ3) is 4.04. The van der Waals surface area contributed by atoms with Crippen LogP contribution < -0.4 is 10.6 Å². The summed E-state index contributed by atoms with van der Waals surface area (Å²) >= 11 is 3.14. The Hall–Kier alpha value is -1.36. The van der Waals surface area contributed by atoms with Gasteiger partial charge in [-0.15, -0.1) is 0 Å². The Morgan fingerprint density at radius 2 is 2.36 bits per heavy atom. The van der Waals surface area contributed by atoms with Crippen molar-refractivity contribution in [2.45, 2.75) is 0 Å². The fraction of sp³-hybridized carbons (Fsp3) is 0.111. The minimum atomic E-state index is -0.302. The van der Waals surface area contributed by atoms with Gasteiger partial charge in [0, 0.05) is 10.7 Å². The number of carbonyl (C=O) groups excluding carboxylic acids is 1. The average molecular weight is 256 g/mol. The number of pyridine rings is 1. The van der Waals surface area contributed by atoms with Crippen LogP contribution in [0.15, 0.2) is 35.5 Å². The molecule has 0 fully saturated rings. The quantitative estimate of drug-likeness (QED) is 0.870. The van der Waals surface area contributed by atoms with Crippen molar-refractivity contribution >= 4 is 27.8 Å². The molecule has 5 heteroatoms. The van der Waals surface area contributed by atoms with Crippen LogP contribution in [0.25, 0.3) is 0 Å². The van der Waals surface area contributed by atoms with Crippen molar-refractivity contribution in [3.05, 3.63) is 35.5 Å². The molecular formula is C9H10BrN3O. The molecule has 0 aromatic carbocycles. The Kier molecular flexibility index (Phi) is 4.12. The first-order valence-electron chi connectivity index (χ1n) is 3.97. The maximum absolute atomic E-state index is 11.2. The second-order valence-electron chi connectivity index (χ2n) is 2.54. The summed E-state index contributed by atoms with van der Waals surface area (Å²) in [6.45, 7) is 3.98. The molecule has 0 saturated heterocycles. The molecule has 14 heavy (non-hydrogen) atoms. The van der Waals surface area contributed by atoms with E-state index >= 15 is 0 Å². The molecule has 0 saturated carbocycles. The number of urea groups is 1. The summed E-state index contributed by atoms with van der Waals surface area (Å²) in [6, 6.07) is 4.99. The van der Waals surface area contributed by atoms with Gasteiger partial charge in [-0.25, -0.2) is 9.78 Å². The third-order valence-electron chi connectivity index (χ3n) is 1.35. The van der Waals surface area contributed by atoms with Crippen LogP contribution in [-0.4, -0.2) is 17.6 Å². The number of aromatic nitrogens is 1. The smallest absolute Gasteiger partial charge is 0.320 e. The Bertz CT molecular complexity index is 326. The number of hydrogen-bond donors (Lipinski definition) is 2. The molecule has 0 unspecified atom stereocenters. The third-order valence-corrected chi connectivity index (χ3v) is 1.63. The summed E-state index contributed by atoms with van der Waals surface area (Å²) in [6.07, 6.45) is 1.61. The molecule has 0 aliphatic carbocycles. The minimum absolute atomic E-state index is 0.302. The minimum Gasteiger partial charge on any atom is -0.333 e. The van der Waals surface area contributed by atoms with Crippen molar-refractivity contribution in [2.75, 3.05) is 11.9 Å². The molecule has 0 aliphatic rings. The Morgan fingerprint density at radius 1 is 1.57 bits per heavy atom. The van der Waals surface area contributed by atoms with Crippen LogP contribution in [-0.2, 0) is 0 Å². The molecular weight excluding hydrogens is 246 g/mol. The normalized spacial score (nSPS) is 9.21. The summed E-state index contributed by atoms with van der Waals surface area (Å²) in [5, 5.41) is 5.17. The van der Waals surface area contributed by atoms with Gasteiger partial charge >= 0.3 is 6.03 Å². The highest BCUT2D eigenvalue weighted by Gasteiger charge is 2.00. The number of rotatable bonds is 3. The van der Waals surface area contributed by atoms with Crippen LogP contribution in [0.2, 0.25) is 0 Å². The first-order chi connectivity index (χ1) is 6.68. The Labute approximate surface area is 90.6 Å².